The first-order chi connectivity index (χ1) is 23.4. The number of carbonyl (C=O) groups excluding carboxylic acids is 3. The van der Waals surface area contributed by atoms with E-state index < -0.39 is 35.6 Å². The van der Waals surface area contributed by atoms with E-state index in [0.29, 0.717) is 70.3 Å². The molecule has 4 aliphatic rings. The Morgan fingerprint density at radius 3 is 2.59 bits per heavy atom. The Balaban J connectivity index is 1.62. The highest BCUT2D eigenvalue weighted by Gasteiger charge is 2.60. The van der Waals surface area contributed by atoms with Crippen molar-refractivity contribution < 1.29 is 48.3 Å². The molecule has 1 amide bonds. The van der Waals surface area contributed by atoms with Gasteiger partial charge in [-0.15, -0.1) is 11.8 Å². The number of phenolic OH excluding ortho intramolecular Hbond substituents is 1. The molecule has 2 bridgehead atoms. The average molecular weight is 700 g/mol. The summed E-state index contributed by atoms with van der Waals surface area (Å²) in [4.78, 5) is 41.0. The number of methoxy groups -OCH3 is 1. The van der Waals surface area contributed by atoms with Gasteiger partial charge in [0.2, 0.25) is 12.7 Å². The molecule has 13 nitrogen and oxygen atoms in total. The normalized spacial score (nSPS) is 25.8. The smallest absolute Gasteiger partial charge is 0.308 e. The van der Waals surface area contributed by atoms with E-state index in [2.05, 4.69) is 10.2 Å². The molecule has 3 N–H and O–H groups in total. The van der Waals surface area contributed by atoms with Gasteiger partial charge < -0.3 is 39.2 Å². The highest BCUT2D eigenvalue weighted by Crippen LogP contribution is 2.63. The lowest BCUT2D eigenvalue weighted by molar-refractivity contribution is -0.181. The van der Waals surface area contributed by atoms with Gasteiger partial charge in [-0.3, -0.25) is 24.2 Å². The van der Waals surface area contributed by atoms with Crippen molar-refractivity contribution in [3.05, 3.63) is 39.4 Å². The van der Waals surface area contributed by atoms with Crippen molar-refractivity contribution in [3.63, 3.8) is 0 Å². The molecule has 1 fully saturated rings. The Morgan fingerprint density at radius 2 is 1.92 bits per heavy atom. The van der Waals surface area contributed by atoms with Crippen LogP contribution in [0.1, 0.15) is 84.3 Å². The number of thioether (sulfide) groups is 1. The van der Waals surface area contributed by atoms with Crippen molar-refractivity contribution in [2.45, 2.75) is 95.6 Å². The van der Waals surface area contributed by atoms with Crippen LogP contribution in [0.3, 0.4) is 0 Å². The van der Waals surface area contributed by atoms with Crippen LogP contribution in [0.4, 0.5) is 0 Å². The number of aliphatic hydroxyl groups excluding tert-OH is 1. The number of amides is 1. The fourth-order valence-electron chi connectivity index (χ4n) is 8.24. The van der Waals surface area contributed by atoms with Crippen LogP contribution in [0.25, 0.3) is 0 Å². The number of hydrogen-bond donors (Lipinski definition) is 3. The molecule has 0 saturated carbocycles. The second kappa shape index (κ2) is 13.9. The lowest BCUT2D eigenvalue weighted by Crippen LogP contribution is -2.69. The van der Waals surface area contributed by atoms with Crippen LogP contribution in [-0.4, -0.2) is 96.0 Å². The first-order valence-electron chi connectivity index (χ1n) is 16.6. The number of nitrogens with one attached hydrogen (secondary N) is 1. The molecule has 14 heteroatoms. The minimum absolute atomic E-state index is 0.0293. The van der Waals surface area contributed by atoms with Crippen LogP contribution < -0.4 is 24.3 Å². The van der Waals surface area contributed by atoms with Gasteiger partial charge in [0, 0.05) is 53.4 Å². The number of benzene rings is 2. The monoisotopic (exact) mass is 699 g/mol. The van der Waals surface area contributed by atoms with E-state index in [0.717, 1.165) is 17.5 Å². The van der Waals surface area contributed by atoms with Crippen LogP contribution >= 0.6 is 11.8 Å². The minimum atomic E-state index is -1.04. The average Bonchev–Trinajstić information content (AvgIpc) is 3.54. The third kappa shape index (κ3) is 5.85. The highest BCUT2D eigenvalue weighted by molar-refractivity contribution is 7.99. The van der Waals surface area contributed by atoms with Gasteiger partial charge in [-0.05, 0) is 51.8 Å². The largest absolute Gasteiger partial charge is 0.504 e. The maximum absolute atomic E-state index is 12.7. The standard InChI is InChI=1S/C35H45N3O10S/c1-8-9-23(41)36-17(3)13-49-34-26-25(33-32(46-15-47-33)18(4)31(26)48-19(5)40)22(12-45-14-39)38-28(34)27-24-20(11-21(35(38)43)37(27)6)10-16(2)30(44-7)29(24)42/h10,14,17,21-22,27-28,34-35,42-43H,8-9,11-13,15H2,1-7H3,(H,36,41)/t17-,21-,22+,27+,28?,34-,35+/m1/s1. The summed E-state index contributed by atoms with van der Waals surface area (Å²) >= 11 is 1.55. The van der Waals surface area contributed by atoms with Crippen molar-refractivity contribution in [3.8, 4) is 28.7 Å². The van der Waals surface area contributed by atoms with Gasteiger partial charge in [0.25, 0.3) is 6.47 Å². The summed E-state index contributed by atoms with van der Waals surface area (Å²) in [6.45, 7) is 9.07. The number of aryl methyl sites for hydroxylation is 1. The molecular weight excluding hydrogens is 654 g/mol. The predicted molar refractivity (Wildman–Crippen MR) is 180 cm³/mol. The van der Waals surface area contributed by atoms with E-state index in [1.54, 1.807) is 18.7 Å². The van der Waals surface area contributed by atoms with Gasteiger partial charge in [0.1, 0.15) is 18.6 Å². The Bertz CT molecular complexity index is 1650. The summed E-state index contributed by atoms with van der Waals surface area (Å²) in [7, 11) is 3.46. The Kier molecular flexibility index (Phi) is 9.95. The Labute approximate surface area is 290 Å². The summed E-state index contributed by atoms with van der Waals surface area (Å²) in [5.41, 5.74) is 4.19. The van der Waals surface area contributed by atoms with Crippen molar-refractivity contribution in [2.75, 3.05) is 33.3 Å². The molecule has 4 heterocycles. The molecule has 0 radical (unpaired) electrons. The maximum Gasteiger partial charge on any atom is 0.308 e. The second-order valence-corrected chi connectivity index (χ2v) is 14.4. The maximum atomic E-state index is 12.7. The van der Waals surface area contributed by atoms with E-state index in [-0.39, 0.29) is 37.1 Å². The summed E-state index contributed by atoms with van der Waals surface area (Å²) in [5, 5.41) is 26.8. The number of piperazine rings is 1. The van der Waals surface area contributed by atoms with E-state index >= 15 is 0 Å². The molecule has 1 saturated heterocycles. The molecule has 266 valence electrons. The number of nitrogens with zero attached hydrogens (tertiary/aromatic N) is 2. The van der Waals surface area contributed by atoms with Gasteiger partial charge >= 0.3 is 5.97 Å². The van der Waals surface area contributed by atoms with Crippen LogP contribution in [0.5, 0.6) is 28.7 Å². The van der Waals surface area contributed by atoms with Crippen molar-refractivity contribution >= 4 is 30.1 Å². The molecular formula is C35H45N3O10S. The molecule has 49 heavy (non-hydrogen) atoms. The summed E-state index contributed by atoms with van der Waals surface area (Å²) in [6.07, 6.45) is 0.535. The molecule has 2 aromatic rings. The first kappa shape index (κ1) is 35.1. The van der Waals surface area contributed by atoms with Crippen LogP contribution in [0, 0.1) is 13.8 Å². The quantitative estimate of drug-likeness (QED) is 0.178. The molecule has 0 aromatic heterocycles. The molecule has 2 aromatic carbocycles. The SMILES string of the molecule is CCCC(=O)N[C@H](C)CS[C@@H]1c2c(OC(C)=O)c(C)c3c(c2[C@H](COC=O)N2C1[C@@H]1c4c(cc(C)c(OC)c4O)C[C@H]([C@@H]2O)N1C)OCO3. The number of likely N-dealkylation sites (N-methyl/N-ethyl adjacent to an activating group) is 1. The number of carbonyl (C=O) groups is 3. The minimum Gasteiger partial charge on any atom is -0.504 e. The van der Waals surface area contributed by atoms with E-state index in [4.69, 9.17) is 23.7 Å². The lowest BCUT2D eigenvalue weighted by Gasteiger charge is -2.61. The van der Waals surface area contributed by atoms with Gasteiger partial charge in [0.05, 0.1) is 30.5 Å². The van der Waals surface area contributed by atoms with Crippen LogP contribution in [0.2, 0.25) is 0 Å². The number of aliphatic hydroxyl groups is 1. The van der Waals surface area contributed by atoms with Crippen molar-refractivity contribution in [2.24, 2.45) is 0 Å². The topological polar surface area (TPSA) is 156 Å². The number of fused-ring (bicyclic) bond motifs is 9. The Hall–Kier alpha value is -3.72. The van der Waals surface area contributed by atoms with Gasteiger partial charge in [-0.1, -0.05) is 13.0 Å². The van der Waals surface area contributed by atoms with Crippen molar-refractivity contribution in [1.29, 1.82) is 0 Å². The fourth-order valence-corrected chi connectivity index (χ4v) is 9.71. The highest BCUT2D eigenvalue weighted by atomic mass is 32.2. The number of hydrogen-bond acceptors (Lipinski definition) is 13. The molecule has 6 rings (SSSR count). The molecule has 1 unspecified atom stereocenters. The summed E-state index contributed by atoms with van der Waals surface area (Å²) in [5.74, 6) is 1.46. The lowest BCUT2D eigenvalue weighted by atomic mass is 9.73. The Morgan fingerprint density at radius 1 is 1.18 bits per heavy atom. The van der Waals surface area contributed by atoms with Crippen LogP contribution in [-0.2, 0) is 25.5 Å². The van der Waals surface area contributed by atoms with Gasteiger partial charge in [-0.25, -0.2) is 0 Å². The van der Waals surface area contributed by atoms with Crippen molar-refractivity contribution in [1.82, 2.24) is 15.1 Å². The molecule has 7 atom stereocenters. The van der Waals surface area contributed by atoms with Crippen LogP contribution in [0.15, 0.2) is 6.07 Å². The number of esters is 1. The number of aromatic hydroxyl groups is 1. The van der Waals surface area contributed by atoms with E-state index in [9.17, 15) is 24.6 Å². The number of ether oxygens (including phenoxy) is 5. The number of phenols is 1. The third-order valence-corrected chi connectivity index (χ3v) is 11.7. The molecule has 0 spiro atoms. The number of rotatable bonds is 11. The zero-order valence-corrected chi connectivity index (χ0v) is 29.7. The fraction of sp³-hybridized carbons (Fsp3) is 0.571. The van der Waals surface area contributed by atoms with Gasteiger partial charge in [-0.2, -0.15) is 0 Å². The zero-order valence-electron chi connectivity index (χ0n) is 28.9. The molecule has 0 aliphatic carbocycles. The summed E-state index contributed by atoms with van der Waals surface area (Å²) in [6, 6.07) is -0.400. The molecule has 4 aliphatic heterocycles. The summed E-state index contributed by atoms with van der Waals surface area (Å²) < 4.78 is 29.1. The first-order valence-corrected chi connectivity index (χ1v) is 17.7. The van der Waals surface area contributed by atoms with E-state index in [1.165, 1.54) is 14.0 Å². The second-order valence-electron chi connectivity index (χ2n) is 13.2. The third-order valence-electron chi connectivity index (χ3n) is 10.1. The predicted octanol–water partition coefficient (Wildman–Crippen LogP) is 3.58. The van der Waals surface area contributed by atoms with Gasteiger partial charge in [0.15, 0.2) is 23.0 Å². The van der Waals surface area contributed by atoms with E-state index in [1.807, 2.05) is 38.8 Å². The zero-order chi connectivity index (χ0) is 35.3.